The van der Waals surface area contributed by atoms with Gasteiger partial charge in [-0.1, -0.05) is 39.8 Å². The van der Waals surface area contributed by atoms with Crippen molar-refractivity contribution in [3.05, 3.63) is 53.0 Å². The van der Waals surface area contributed by atoms with E-state index in [2.05, 4.69) is 31.0 Å². The Kier molecular flexibility index (Phi) is 4.51. The Morgan fingerprint density at radius 1 is 1.04 bits per heavy atom. The molecule has 0 spiro atoms. The molecular weight excluding hydrogens is 438 g/mol. The summed E-state index contributed by atoms with van der Waals surface area (Å²) >= 11 is 5.02. The number of halogens is 1. The zero-order chi connectivity index (χ0) is 18.3. The van der Waals surface area contributed by atoms with Gasteiger partial charge in [-0.2, -0.15) is 0 Å². The molecular formula is C16H14BrN5O2S2. The molecule has 7 nitrogen and oxygen atoms in total. The Hall–Kier alpha value is -1.88. The summed E-state index contributed by atoms with van der Waals surface area (Å²) in [5.41, 5.74) is 1.89. The summed E-state index contributed by atoms with van der Waals surface area (Å²) in [5, 5.41) is 14.6. The van der Waals surface area contributed by atoms with E-state index in [-0.39, 0.29) is 4.90 Å². The number of thioether (sulfide) groups is 1. The van der Waals surface area contributed by atoms with Crippen LogP contribution in [0.15, 0.2) is 63.1 Å². The van der Waals surface area contributed by atoms with Crippen molar-refractivity contribution in [2.45, 2.75) is 16.7 Å². The molecule has 0 atom stereocenters. The van der Waals surface area contributed by atoms with Gasteiger partial charge < -0.3 is 4.90 Å². The Balaban J connectivity index is 1.63. The van der Waals surface area contributed by atoms with Gasteiger partial charge in [-0.25, -0.2) is 13.6 Å². The van der Waals surface area contributed by atoms with Crippen LogP contribution >= 0.6 is 27.7 Å². The maximum atomic E-state index is 11.4. The van der Waals surface area contributed by atoms with Crippen LogP contribution in [0.2, 0.25) is 0 Å². The Morgan fingerprint density at radius 2 is 1.73 bits per heavy atom. The first kappa shape index (κ1) is 17.5. The maximum Gasteiger partial charge on any atom is 0.238 e. The molecule has 134 valence electrons. The van der Waals surface area contributed by atoms with Crippen LogP contribution in [0.25, 0.3) is 11.4 Å². The molecule has 1 aliphatic heterocycles. The number of nitrogens with two attached hydrogens (primary N) is 1. The standard InChI is InChI=1S/C16H14BrN5O2S2/c17-12-3-1-11(2-4-12)15-19-20-16-22(15)9-21(10-25-16)13-5-7-14(8-6-13)26(18,23)24/h1-8H,9-10H2,(H2,18,23,24). The molecule has 10 heteroatoms. The number of fused-ring (bicyclic) bond motifs is 1. The minimum atomic E-state index is -3.69. The summed E-state index contributed by atoms with van der Waals surface area (Å²) in [4.78, 5) is 2.22. The number of anilines is 1. The number of aromatic nitrogens is 3. The number of primary sulfonamides is 1. The van der Waals surface area contributed by atoms with E-state index in [0.717, 1.165) is 26.7 Å². The lowest BCUT2D eigenvalue weighted by molar-refractivity contribution is 0.597. The molecule has 0 saturated carbocycles. The van der Waals surface area contributed by atoms with E-state index in [9.17, 15) is 8.42 Å². The molecule has 0 radical (unpaired) electrons. The van der Waals surface area contributed by atoms with Crippen molar-refractivity contribution in [1.29, 1.82) is 0 Å². The van der Waals surface area contributed by atoms with Crippen molar-refractivity contribution >= 4 is 43.4 Å². The van der Waals surface area contributed by atoms with E-state index in [1.807, 2.05) is 28.8 Å². The SMILES string of the molecule is NS(=O)(=O)c1ccc(N2CSc3nnc(-c4ccc(Br)cc4)n3C2)cc1. The minimum absolute atomic E-state index is 0.103. The summed E-state index contributed by atoms with van der Waals surface area (Å²) < 4.78 is 25.9. The Morgan fingerprint density at radius 3 is 2.38 bits per heavy atom. The molecule has 0 aliphatic carbocycles. The lowest BCUT2D eigenvalue weighted by Gasteiger charge is -2.29. The topological polar surface area (TPSA) is 94.1 Å². The van der Waals surface area contributed by atoms with Gasteiger partial charge in [0.15, 0.2) is 11.0 Å². The predicted molar refractivity (Wildman–Crippen MR) is 104 cm³/mol. The van der Waals surface area contributed by atoms with Crippen LogP contribution in [0.5, 0.6) is 0 Å². The summed E-state index contributed by atoms with van der Waals surface area (Å²) in [6.07, 6.45) is 0. The Labute approximate surface area is 163 Å². The average molecular weight is 452 g/mol. The first-order chi connectivity index (χ1) is 12.4. The Bertz CT molecular complexity index is 1050. The molecule has 0 bridgehead atoms. The highest BCUT2D eigenvalue weighted by atomic mass is 79.9. The van der Waals surface area contributed by atoms with Gasteiger partial charge in [-0.05, 0) is 36.4 Å². The van der Waals surface area contributed by atoms with Gasteiger partial charge in [-0.15, -0.1) is 10.2 Å². The summed E-state index contributed by atoms with van der Waals surface area (Å²) in [6.45, 7) is 0.579. The fourth-order valence-electron chi connectivity index (χ4n) is 2.69. The highest BCUT2D eigenvalue weighted by molar-refractivity contribution is 9.10. The molecule has 3 aromatic rings. The molecule has 0 fully saturated rings. The second kappa shape index (κ2) is 6.69. The highest BCUT2D eigenvalue weighted by Gasteiger charge is 2.23. The molecule has 1 aromatic heterocycles. The van der Waals surface area contributed by atoms with E-state index in [1.165, 1.54) is 12.1 Å². The lowest BCUT2D eigenvalue weighted by Crippen LogP contribution is -2.30. The van der Waals surface area contributed by atoms with E-state index in [1.54, 1.807) is 23.9 Å². The average Bonchev–Trinajstić information content (AvgIpc) is 3.05. The number of hydrogen-bond donors (Lipinski definition) is 1. The van der Waals surface area contributed by atoms with Crippen molar-refractivity contribution < 1.29 is 8.42 Å². The summed E-state index contributed by atoms with van der Waals surface area (Å²) in [6, 6.07) is 14.5. The lowest BCUT2D eigenvalue weighted by atomic mass is 10.2. The second-order valence-corrected chi connectivity index (χ2v) is 9.12. The summed E-state index contributed by atoms with van der Waals surface area (Å²) in [7, 11) is -3.69. The highest BCUT2D eigenvalue weighted by Crippen LogP contribution is 2.32. The van der Waals surface area contributed by atoms with Crippen molar-refractivity contribution in [3.63, 3.8) is 0 Å². The molecule has 4 rings (SSSR count). The normalized spacial score (nSPS) is 14.3. The van der Waals surface area contributed by atoms with Crippen LogP contribution in [-0.2, 0) is 16.7 Å². The van der Waals surface area contributed by atoms with Crippen LogP contribution in [-0.4, -0.2) is 29.1 Å². The zero-order valence-electron chi connectivity index (χ0n) is 13.4. The third-order valence-electron chi connectivity index (χ3n) is 4.01. The third kappa shape index (κ3) is 3.37. The van der Waals surface area contributed by atoms with Crippen molar-refractivity contribution in [2.75, 3.05) is 10.8 Å². The number of nitrogens with zero attached hydrogens (tertiary/aromatic N) is 4. The van der Waals surface area contributed by atoms with E-state index < -0.39 is 10.0 Å². The summed E-state index contributed by atoms with van der Waals surface area (Å²) in [5.74, 6) is 1.50. The smallest absolute Gasteiger partial charge is 0.238 e. The van der Waals surface area contributed by atoms with Crippen molar-refractivity contribution in [2.24, 2.45) is 5.14 Å². The van der Waals surface area contributed by atoms with Crippen LogP contribution in [0.4, 0.5) is 5.69 Å². The van der Waals surface area contributed by atoms with Gasteiger partial charge >= 0.3 is 0 Å². The van der Waals surface area contributed by atoms with Crippen molar-refractivity contribution in [3.8, 4) is 11.4 Å². The van der Waals surface area contributed by atoms with Gasteiger partial charge in [0.1, 0.15) is 0 Å². The largest absolute Gasteiger partial charge is 0.344 e. The molecule has 1 aliphatic rings. The van der Waals surface area contributed by atoms with Crippen LogP contribution < -0.4 is 10.0 Å². The number of hydrogen-bond acceptors (Lipinski definition) is 6. The molecule has 0 saturated heterocycles. The first-order valence-electron chi connectivity index (χ1n) is 7.61. The van der Waals surface area contributed by atoms with Gasteiger partial charge in [0.25, 0.3) is 0 Å². The van der Waals surface area contributed by atoms with Gasteiger partial charge in [0.2, 0.25) is 10.0 Å². The molecule has 2 aromatic carbocycles. The van der Waals surface area contributed by atoms with Gasteiger partial charge in [0, 0.05) is 15.7 Å². The monoisotopic (exact) mass is 451 g/mol. The van der Waals surface area contributed by atoms with Crippen LogP contribution in [0.1, 0.15) is 0 Å². The molecule has 2 N–H and O–H groups in total. The number of benzene rings is 2. The first-order valence-corrected chi connectivity index (χ1v) is 10.9. The van der Waals surface area contributed by atoms with Gasteiger partial charge in [-0.3, -0.25) is 4.57 Å². The van der Waals surface area contributed by atoms with Crippen molar-refractivity contribution in [1.82, 2.24) is 14.8 Å². The van der Waals surface area contributed by atoms with E-state index in [4.69, 9.17) is 5.14 Å². The van der Waals surface area contributed by atoms with Gasteiger partial charge in [0.05, 0.1) is 17.4 Å². The molecule has 0 unspecified atom stereocenters. The van der Waals surface area contributed by atoms with E-state index >= 15 is 0 Å². The quantitative estimate of drug-likeness (QED) is 0.657. The zero-order valence-corrected chi connectivity index (χ0v) is 16.6. The van der Waals surface area contributed by atoms with Crippen LogP contribution in [0, 0.1) is 0 Å². The molecule has 0 amide bonds. The molecule has 26 heavy (non-hydrogen) atoms. The second-order valence-electron chi connectivity index (χ2n) is 5.73. The number of sulfonamides is 1. The number of rotatable bonds is 3. The predicted octanol–water partition coefficient (Wildman–Crippen LogP) is 2.88. The molecule has 2 heterocycles. The van der Waals surface area contributed by atoms with Crippen LogP contribution in [0.3, 0.4) is 0 Å². The maximum absolute atomic E-state index is 11.4. The fourth-order valence-corrected chi connectivity index (χ4v) is 4.37. The third-order valence-corrected chi connectivity index (χ3v) is 6.47. The minimum Gasteiger partial charge on any atom is -0.344 e. The fraction of sp³-hybridized carbons (Fsp3) is 0.125. The van der Waals surface area contributed by atoms with E-state index in [0.29, 0.717) is 12.5 Å².